The Morgan fingerprint density at radius 3 is 2.71 bits per heavy atom. The van der Waals surface area contributed by atoms with Crippen LogP contribution in [0, 0.1) is 6.92 Å². The molecule has 1 saturated heterocycles. The van der Waals surface area contributed by atoms with Gasteiger partial charge in [-0.3, -0.25) is 0 Å². The fourth-order valence-corrected chi connectivity index (χ4v) is 3.95. The van der Waals surface area contributed by atoms with E-state index in [1.54, 1.807) is 12.1 Å². The highest BCUT2D eigenvalue weighted by Gasteiger charge is 2.32. The quantitative estimate of drug-likeness (QED) is 0.888. The monoisotopic (exact) mass is 275 g/mol. The van der Waals surface area contributed by atoms with Gasteiger partial charge in [0.15, 0.2) is 0 Å². The van der Waals surface area contributed by atoms with Gasteiger partial charge in [-0.15, -0.1) is 0 Å². The van der Waals surface area contributed by atoms with Crippen LogP contribution < -0.4 is 0 Å². The number of aliphatic hydroxyl groups is 1. The van der Waals surface area contributed by atoms with E-state index >= 15 is 0 Å². The first-order valence-corrected chi connectivity index (χ1v) is 7.17. The summed E-state index contributed by atoms with van der Waals surface area (Å²) in [4.78, 5) is 0.110. The van der Waals surface area contributed by atoms with Crippen molar-refractivity contribution in [2.75, 3.05) is 13.1 Å². The Labute approximate surface area is 106 Å². The molecule has 2 rings (SSSR count). The van der Waals surface area contributed by atoms with Crippen molar-refractivity contribution in [3.05, 3.63) is 28.8 Å². The standard InChI is InChI=1S/C11H14ClNO3S/c1-8-2-3-11(10(12)6-8)17(15,16)13-5-4-9(14)7-13/h2-3,6,9,14H,4-5,7H2,1H3. The first kappa shape index (κ1) is 12.8. The molecule has 1 aromatic rings. The van der Waals surface area contributed by atoms with Crippen molar-refractivity contribution in [2.24, 2.45) is 0 Å². The molecule has 1 unspecified atom stereocenters. The zero-order valence-electron chi connectivity index (χ0n) is 9.43. The Morgan fingerprint density at radius 1 is 1.47 bits per heavy atom. The average molecular weight is 276 g/mol. The lowest BCUT2D eigenvalue weighted by atomic mass is 10.2. The predicted octanol–water partition coefficient (Wildman–Crippen LogP) is 1.40. The van der Waals surface area contributed by atoms with Crippen molar-refractivity contribution < 1.29 is 13.5 Å². The topological polar surface area (TPSA) is 57.6 Å². The Morgan fingerprint density at radius 2 is 2.18 bits per heavy atom. The lowest BCUT2D eigenvalue weighted by Crippen LogP contribution is -2.29. The molecular weight excluding hydrogens is 262 g/mol. The predicted molar refractivity (Wildman–Crippen MR) is 65.6 cm³/mol. The van der Waals surface area contributed by atoms with E-state index in [0.717, 1.165) is 5.56 Å². The molecule has 1 aliphatic heterocycles. The second kappa shape index (κ2) is 4.57. The number of rotatable bonds is 2. The van der Waals surface area contributed by atoms with Crippen molar-refractivity contribution in [3.63, 3.8) is 0 Å². The van der Waals surface area contributed by atoms with Crippen molar-refractivity contribution in [3.8, 4) is 0 Å². The molecule has 94 valence electrons. The van der Waals surface area contributed by atoms with E-state index in [-0.39, 0.29) is 16.5 Å². The molecule has 1 fully saturated rings. The van der Waals surface area contributed by atoms with E-state index in [1.807, 2.05) is 6.92 Å². The van der Waals surface area contributed by atoms with Crippen LogP contribution in [0.3, 0.4) is 0 Å². The van der Waals surface area contributed by atoms with Gasteiger partial charge in [-0.2, -0.15) is 4.31 Å². The Bertz CT molecular complexity index is 530. The van der Waals surface area contributed by atoms with Gasteiger partial charge in [0.05, 0.1) is 11.1 Å². The molecule has 1 aromatic carbocycles. The molecule has 0 amide bonds. The fraction of sp³-hybridized carbons (Fsp3) is 0.455. The highest BCUT2D eigenvalue weighted by atomic mass is 35.5. The maximum Gasteiger partial charge on any atom is 0.244 e. The van der Waals surface area contributed by atoms with Gasteiger partial charge in [0.1, 0.15) is 4.90 Å². The van der Waals surface area contributed by atoms with Gasteiger partial charge in [0.25, 0.3) is 0 Å². The number of aliphatic hydroxyl groups excluding tert-OH is 1. The van der Waals surface area contributed by atoms with Crippen LogP contribution >= 0.6 is 11.6 Å². The third-order valence-corrected chi connectivity index (χ3v) is 5.18. The van der Waals surface area contributed by atoms with Crippen molar-refractivity contribution in [1.82, 2.24) is 4.31 Å². The first-order valence-electron chi connectivity index (χ1n) is 5.35. The van der Waals surface area contributed by atoms with E-state index in [2.05, 4.69) is 0 Å². The molecule has 17 heavy (non-hydrogen) atoms. The minimum Gasteiger partial charge on any atom is -0.392 e. The molecule has 0 radical (unpaired) electrons. The van der Waals surface area contributed by atoms with E-state index in [9.17, 15) is 13.5 Å². The number of hydrogen-bond acceptors (Lipinski definition) is 3. The van der Waals surface area contributed by atoms with E-state index < -0.39 is 16.1 Å². The van der Waals surface area contributed by atoms with Gasteiger partial charge in [0, 0.05) is 13.1 Å². The largest absolute Gasteiger partial charge is 0.392 e. The van der Waals surface area contributed by atoms with Gasteiger partial charge >= 0.3 is 0 Å². The number of hydrogen-bond donors (Lipinski definition) is 1. The molecule has 0 spiro atoms. The Hall–Kier alpha value is -0.620. The van der Waals surface area contributed by atoms with Gasteiger partial charge in [-0.25, -0.2) is 8.42 Å². The third kappa shape index (κ3) is 2.47. The van der Waals surface area contributed by atoms with E-state index in [1.165, 1.54) is 10.4 Å². The smallest absolute Gasteiger partial charge is 0.244 e. The van der Waals surface area contributed by atoms with E-state index in [0.29, 0.717) is 13.0 Å². The van der Waals surface area contributed by atoms with Crippen LogP contribution in [0.4, 0.5) is 0 Å². The number of halogens is 1. The molecule has 1 N–H and O–H groups in total. The lowest BCUT2D eigenvalue weighted by molar-refractivity contribution is 0.189. The van der Waals surface area contributed by atoms with Crippen LogP contribution in [0.2, 0.25) is 5.02 Å². The van der Waals surface area contributed by atoms with Crippen molar-refractivity contribution in [1.29, 1.82) is 0 Å². The SMILES string of the molecule is Cc1ccc(S(=O)(=O)N2CCC(O)C2)c(Cl)c1. The summed E-state index contributed by atoms with van der Waals surface area (Å²) in [5.41, 5.74) is 0.912. The molecule has 0 aromatic heterocycles. The molecule has 1 aliphatic rings. The summed E-state index contributed by atoms with van der Waals surface area (Å²) in [5.74, 6) is 0. The molecule has 1 atom stereocenters. The summed E-state index contributed by atoms with van der Waals surface area (Å²) in [7, 11) is -3.58. The van der Waals surface area contributed by atoms with Crippen LogP contribution in [0.15, 0.2) is 23.1 Å². The molecule has 0 bridgehead atoms. The van der Waals surface area contributed by atoms with E-state index in [4.69, 9.17) is 11.6 Å². The molecule has 4 nitrogen and oxygen atoms in total. The minimum atomic E-state index is -3.58. The van der Waals surface area contributed by atoms with Crippen molar-refractivity contribution >= 4 is 21.6 Å². The number of sulfonamides is 1. The maximum absolute atomic E-state index is 12.2. The second-order valence-electron chi connectivity index (χ2n) is 4.24. The van der Waals surface area contributed by atoms with Gasteiger partial charge in [-0.05, 0) is 31.0 Å². The summed E-state index contributed by atoms with van der Waals surface area (Å²) < 4.78 is 25.8. The van der Waals surface area contributed by atoms with Crippen LogP contribution in [-0.4, -0.2) is 37.0 Å². The molecular formula is C11H14ClNO3S. The number of aryl methyl sites for hydroxylation is 1. The Balaban J connectivity index is 2.38. The summed E-state index contributed by atoms with van der Waals surface area (Å²) in [6.45, 7) is 2.34. The number of benzene rings is 1. The van der Waals surface area contributed by atoms with Gasteiger partial charge < -0.3 is 5.11 Å². The molecule has 6 heteroatoms. The van der Waals surface area contributed by atoms with Gasteiger partial charge in [-0.1, -0.05) is 17.7 Å². The third-order valence-electron chi connectivity index (χ3n) is 2.83. The summed E-state index contributed by atoms with van der Waals surface area (Å²) >= 11 is 5.96. The number of nitrogens with zero attached hydrogens (tertiary/aromatic N) is 1. The van der Waals surface area contributed by atoms with Crippen LogP contribution in [0.25, 0.3) is 0 Å². The zero-order chi connectivity index (χ0) is 12.6. The van der Waals surface area contributed by atoms with Crippen LogP contribution in [0.1, 0.15) is 12.0 Å². The molecule has 0 saturated carbocycles. The van der Waals surface area contributed by atoms with Crippen LogP contribution in [-0.2, 0) is 10.0 Å². The second-order valence-corrected chi connectivity index (χ2v) is 6.55. The normalized spacial score (nSPS) is 21.9. The van der Waals surface area contributed by atoms with Crippen molar-refractivity contribution in [2.45, 2.75) is 24.3 Å². The summed E-state index contributed by atoms with van der Waals surface area (Å²) in [6, 6.07) is 4.85. The highest BCUT2D eigenvalue weighted by Crippen LogP contribution is 2.27. The number of β-amino-alcohol motifs (C(OH)–C–C–N with tert-alkyl or cyclic N) is 1. The maximum atomic E-state index is 12.2. The van der Waals surface area contributed by atoms with Crippen LogP contribution in [0.5, 0.6) is 0 Å². The Kier molecular flexibility index (Phi) is 3.45. The minimum absolute atomic E-state index is 0.110. The molecule has 0 aliphatic carbocycles. The summed E-state index contributed by atoms with van der Waals surface area (Å²) in [5, 5.41) is 9.61. The zero-order valence-corrected chi connectivity index (χ0v) is 11.0. The highest BCUT2D eigenvalue weighted by molar-refractivity contribution is 7.89. The first-order chi connectivity index (χ1) is 7.91. The summed E-state index contributed by atoms with van der Waals surface area (Å²) in [6.07, 6.45) is -0.100. The lowest BCUT2D eigenvalue weighted by Gasteiger charge is -2.16. The molecule has 1 heterocycles. The van der Waals surface area contributed by atoms with Gasteiger partial charge in [0.2, 0.25) is 10.0 Å². The fourth-order valence-electron chi connectivity index (χ4n) is 1.88. The average Bonchev–Trinajstić information content (AvgIpc) is 2.64.